The van der Waals surface area contributed by atoms with Gasteiger partial charge in [-0.2, -0.15) is 0 Å². The first-order valence-corrected chi connectivity index (χ1v) is 12.4. The van der Waals surface area contributed by atoms with Crippen LogP contribution in [0.1, 0.15) is 43.6 Å². The van der Waals surface area contributed by atoms with E-state index in [4.69, 9.17) is 9.47 Å². The van der Waals surface area contributed by atoms with Crippen LogP contribution in [0.25, 0.3) is 12.2 Å². The maximum absolute atomic E-state index is 13.0. The summed E-state index contributed by atoms with van der Waals surface area (Å²) in [6, 6.07) is 19.6. The molecule has 10 heteroatoms. The number of nitrogens with one attached hydrogen (secondary N) is 3. The molecule has 0 aliphatic rings. The van der Waals surface area contributed by atoms with Gasteiger partial charge < -0.3 is 24.8 Å². The lowest BCUT2D eigenvalue weighted by molar-refractivity contribution is -0.137. The molecule has 0 spiro atoms. The fraction of sp³-hybridized carbons (Fsp3) is 0.167. The van der Waals surface area contributed by atoms with Crippen molar-refractivity contribution in [2.45, 2.75) is 32.4 Å². The summed E-state index contributed by atoms with van der Waals surface area (Å²) >= 11 is 0. The molecule has 3 N–H and O–H groups in total. The summed E-state index contributed by atoms with van der Waals surface area (Å²) in [4.78, 5) is 59.8. The molecule has 204 valence electrons. The first-order chi connectivity index (χ1) is 19.1. The van der Waals surface area contributed by atoms with Gasteiger partial charge in [0.05, 0.1) is 11.9 Å². The highest BCUT2D eigenvalue weighted by Crippen LogP contribution is 2.19. The summed E-state index contributed by atoms with van der Waals surface area (Å²) in [5.74, 6) is -0.633. The van der Waals surface area contributed by atoms with E-state index in [2.05, 4.69) is 20.3 Å². The maximum atomic E-state index is 13.0. The monoisotopic (exact) mass is 540 g/mol. The first kappa shape index (κ1) is 27.8. The molecule has 4 rings (SSSR count). The Hall–Kier alpha value is -5.25. The van der Waals surface area contributed by atoms with Gasteiger partial charge in [-0.1, -0.05) is 60.7 Å². The predicted octanol–water partition coefficient (Wildman–Crippen LogP) is 2.29. The van der Waals surface area contributed by atoms with E-state index < -0.39 is 34.8 Å². The highest BCUT2D eigenvalue weighted by Gasteiger charge is 2.27. The number of hydrogen-bond donors (Lipinski definition) is 3. The van der Waals surface area contributed by atoms with Gasteiger partial charge in [0.1, 0.15) is 22.0 Å². The van der Waals surface area contributed by atoms with Gasteiger partial charge in [0.2, 0.25) is 0 Å². The van der Waals surface area contributed by atoms with Crippen molar-refractivity contribution in [3.8, 4) is 5.75 Å². The number of amides is 1. The van der Waals surface area contributed by atoms with E-state index >= 15 is 0 Å². The number of pyridine rings is 1. The number of aromatic amines is 2. The Morgan fingerprint density at radius 3 is 2.02 bits per heavy atom. The minimum Gasteiger partial charge on any atom is -0.444 e. The van der Waals surface area contributed by atoms with E-state index in [0.717, 1.165) is 5.56 Å². The fourth-order valence-corrected chi connectivity index (χ4v) is 3.62. The smallest absolute Gasteiger partial charge is 0.408 e. The highest BCUT2D eigenvalue weighted by atomic mass is 16.6. The highest BCUT2D eigenvalue weighted by molar-refractivity contribution is 5.84. The zero-order valence-corrected chi connectivity index (χ0v) is 22.1. The molecule has 0 aliphatic heterocycles. The molecule has 2 aromatic heterocycles. The van der Waals surface area contributed by atoms with E-state index in [1.54, 1.807) is 57.2 Å². The zero-order valence-electron chi connectivity index (χ0n) is 22.1. The Labute approximate surface area is 229 Å². The average molecular weight is 541 g/mol. The molecule has 2 heterocycles. The molecule has 1 amide bonds. The number of aromatic nitrogens is 3. The Bertz CT molecular complexity index is 1720. The molecule has 0 saturated heterocycles. The van der Waals surface area contributed by atoms with Crippen LogP contribution in [0.15, 0.2) is 88.6 Å². The molecular formula is C30H28N4O6. The van der Waals surface area contributed by atoms with Gasteiger partial charge >= 0.3 is 12.1 Å². The van der Waals surface area contributed by atoms with Gasteiger partial charge in [-0.15, -0.1) is 0 Å². The fourth-order valence-electron chi connectivity index (χ4n) is 3.62. The van der Waals surface area contributed by atoms with Crippen molar-refractivity contribution in [2.24, 2.45) is 0 Å². The number of benzene rings is 2. The minimum atomic E-state index is -1.13. The van der Waals surface area contributed by atoms with Crippen molar-refractivity contribution in [3.63, 3.8) is 0 Å². The van der Waals surface area contributed by atoms with Crippen LogP contribution in [-0.2, 0) is 9.53 Å². The van der Waals surface area contributed by atoms with E-state index in [-0.39, 0.29) is 16.4 Å². The number of rotatable bonds is 6. The van der Waals surface area contributed by atoms with Crippen LogP contribution in [0.5, 0.6) is 5.75 Å². The number of ether oxygens (including phenoxy) is 2. The Kier molecular flexibility index (Phi) is 8.39. The van der Waals surface area contributed by atoms with Crippen LogP contribution in [0, 0.1) is 0 Å². The lowest BCUT2D eigenvalue weighted by Gasteiger charge is -2.23. The Morgan fingerprint density at radius 1 is 0.850 bits per heavy atom. The zero-order chi connectivity index (χ0) is 28.7. The number of hydrogen-bond acceptors (Lipinski definition) is 7. The van der Waals surface area contributed by atoms with Crippen molar-refractivity contribution in [1.29, 1.82) is 0 Å². The summed E-state index contributed by atoms with van der Waals surface area (Å²) in [5.41, 5.74) is -0.108. The Balaban J connectivity index is 1.53. The largest absolute Gasteiger partial charge is 0.444 e. The van der Waals surface area contributed by atoms with Crippen molar-refractivity contribution >= 4 is 24.2 Å². The second-order valence-corrected chi connectivity index (χ2v) is 9.76. The number of H-pyrrole nitrogens is 2. The molecule has 0 bridgehead atoms. The van der Waals surface area contributed by atoms with Gasteiger partial charge in [-0.25, -0.2) is 9.59 Å². The summed E-state index contributed by atoms with van der Waals surface area (Å²) in [5, 5.41) is 2.68. The van der Waals surface area contributed by atoms with Crippen LogP contribution >= 0.6 is 0 Å². The second-order valence-electron chi connectivity index (χ2n) is 9.76. The van der Waals surface area contributed by atoms with E-state index in [9.17, 15) is 19.2 Å². The third-order valence-electron chi connectivity index (χ3n) is 5.40. The van der Waals surface area contributed by atoms with Gasteiger partial charge in [-0.3, -0.25) is 14.6 Å². The summed E-state index contributed by atoms with van der Waals surface area (Å²) in [6.45, 7) is 5.15. The van der Waals surface area contributed by atoms with Gasteiger partial charge in [0.25, 0.3) is 11.1 Å². The van der Waals surface area contributed by atoms with Crippen molar-refractivity contribution < 1.29 is 19.1 Å². The lowest BCUT2D eigenvalue weighted by atomic mass is 10.1. The van der Waals surface area contributed by atoms with Crippen LogP contribution in [0.4, 0.5) is 4.79 Å². The molecule has 10 nitrogen and oxygen atoms in total. The molecule has 0 aliphatic carbocycles. The van der Waals surface area contributed by atoms with E-state index in [0.29, 0.717) is 11.3 Å². The third kappa shape index (κ3) is 7.64. The molecule has 2 aromatic carbocycles. The SMILES string of the molecule is CC(C)(C)OC(=O)NC(C(=O)Oc1ccc(C=c2[nH]c(=O)/c(=C/c3ccccc3)[nH]c2=O)nc1)c1ccccc1. The first-order valence-electron chi connectivity index (χ1n) is 12.4. The van der Waals surface area contributed by atoms with Gasteiger partial charge in [-0.05, 0) is 56.2 Å². The van der Waals surface area contributed by atoms with Gasteiger partial charge in [0, 0.05) is 0 Å². The number of nitrogens with zero attached hydrogens (tertiary/aromatic N) is 1. The standard InChI is InChI=1S/C30H28N4O6/c1-30(2,3)40-29(38)34-25(20-12-8-5-9-13-20)28(37)39-22-15-14-21(31-18-22)17-24-27(36)32-23(26(35)33-24)16-19-10-6-4-7-11-19/h4-18,25H,1-3H3,(H,32,36)(H,33,35)(H,34,38)/b23-16-,24-17?. The molecule has 40 heavy (non-hydrogen) atoms. The van der Waals surface area contributed by atoms with Crippen LogP contribution in [0.2, 0.25) is 0 Å². The van der Waals surface area contributed by atoms with Gasteiger partial charge in [0.15, 0.2) is 6.04 Å². The number of carbonyl (C=O) groups is 2. The minimum absolute atomic E-state index is 0.0122. The molecule has 0 radical (unpaired) electrons. The van der Waals surface area contributed by atoms with Crippen LogP contribution in [-0.4, -0.2) is 32.6 Å². The number of carbonyl (C=O) groups excluding carboxylic acids is 2. The molecule has 1 atom stereocenters. The van der Waals surface area contributed by atoms with E-state index in [1.807, 2.05) is 30.3 Å². The van der Waals surface area contributed by atoms with E-state index in [1.165, 1.54) is 24.4 Å². The molecule has 0 saturated carbocycles. The number of alkyl carbamates (subject to hydrolysis) is 1. The van der Waals surface area contributed by atoms with Crippen molar-refractivity contribution in [1.82, 2.24) is 20.3 Å². The predicted molar refractivity (Wildman–Crippen MR) is 149 cm³/mol. The summed E-state index contributed by atoms with van der Waals surface area (Å²) < 4.78 is 10.8. The second kappa shape index (κ2) is 12.1. The average Bonchev–Trinajstić information content (AvgIpc) is 2.91. The van der Waals surface area contributed by atoms with Crippen LogP contribution < -0.4 is 31.9 Å². The molecule has 1 unspecified atom stereocenters. The van der Waals surface area contributed by atoms with Crippen molar-refractivity contribution in [3.05, 3.63) is 127 Å². The maximum Gasteiger partial charge on any atom is 0.408 e. The summed E-state index contributed by atoms with van der Waals surface area (Å²) in [7, 11) is 0. The quantitative estimate of drug-likeness (QED) is 0.319. The molecular weight excluding hydrogens is 512 g/mol. The number of esters is 1. The normalized spacial score (nSPS) is 13.0. The van der Waals surface area contributed by atoms with Crippen molar-refractivity contribution in [2.75, 3.05) is 0 Å². The molecule has 4 aromatic rings. The Morgan fingerprint density at radius 2 is 1.45 bits per heavy atom. The topological polar surface area (TPSA) is 143 Å². The molecule has 0 fully saturated rings. The third-order valence-corrected chi connectivity index (χ3v) is 5.40. The summed E-state index contributed by atoms with van der Waals surface area (Å²) in [6.07, 6.45) is 3.50. The van der Waals surface area contributed by atoms with Crippen LogP contribution in [0.3, 0.4) is 0 Å². The lowest BCUT2D eigenvalue weighted by Crippen LogP contribution is -2.46.